The van der Waals surface area contributed by atoms with Crippen LogP contribution in [0, 0.1) is 11.6 Å². The summed E-state index contributed by atoms with van der Waals surface area (Å²) in [6, 6.07) is 4.03. The highest BCUT2D eigenvalue weighted by Gasteiger charge is 2.32. The van der Waals surface area contributed by atoms with Crippen molar-refractivity contribution >= 4 is 17.3 Å². The van der Waals surface area contributed by atoms with Crippen molar-refractivity contribution in [2.45, 2.75) is 19.3 Å². The smallest absolute Gasteiger partial charge is 0.315 e. The topological polar surface area (TPSA) is 26.3 Å². The lowest BCUT2D eigenvalue weighted by Crippen LogP contribution is -2.30. The number of hydrogen-bond acceptors (Lipinski definition) is 3. The van der Waals surface area contributed by atoms with E-state index in [0.717, 1.165) is 0 Å². The van der Waals surface area contributed by atoms with Gasteiger partial charge in [-0.3, -0.25) is 4.79 Å². The van der Waals surface area contributed by atoms with Crippen molar-refractivity contribution in [2.75, 3.05) is 7.11 Å². The van der Waals surface area contributed by atoms with Gasteiger partial charge < -0.3 is 4.74 Å². The maximum absolute atomic E-state index is 14.2. The molecule has 0 saturated carbocycles. The van der Waals surface area contributed by atoms with Crippen LogP contribution in [0.1, 0.15) is 19.4 Å². The Morgan fingerprint density at radius 3 is 2.30 bits per heavy atom. The minimum Gasteiger partial charge on any atom is -0.468 e. The number of thiophene rings is 1. The minimum atomic E-state index is -1.11. The molecule has 0 unspecified atom stereocenters. The van der Waals surface area contributed by atoms with Crippen molar-refractivity contribution in [3.63, 3.8) is 0 Å². The predicted octanol–water partition coefficient (Wildman–Crippen LogP) is 4.14. The average molecular weight is 296 g/mol. The van der Waals surface area contributed by atoms with E-state index in [-0.39, 0.29) is 11.1 Å². The highest BCUT2D eigenvalue weighted by Crippen LogP contribution is 2.33. The molecule has 0 amide bonds. The number of ether oxygens (including phenoxy) is 1. The average Bonchev–Trinajstić information content (AvgIpc) is 2.90. The van der Waals surface area contributed by atoms with Gasteiger partial charge >= 0.3 is 5.97 Å². The first kappa shape index (κ1) is 14.7. The molecule has 0 radical (unpaired) electrons. The molecule has 20 heavy (non-hydrogen) atoms. The largest absolute Gasteiger partial charge is 0.468 e. The van der Waals surface area contributed by atoms with E-state index in [1.807, 2.05) is 0 Å². The summed E-state index contributed by atoms with van der Waals surface area (Å²) >= 11 is 1.36. The standard InChI is InChI=1S/C15H14F2O2S/c1-15(2,14(18)19-3)10-6-11(16)13(12(17)7-10)9-4-5-20-8-9/h4-8H,1-3H3. The number of rotatable bonds is 3. The second-order valence-electron chi connectivity index (χ2n) is 4.94. The van der Waals surface area contributed by atoms with Gasteiger partial charge in [0.2, 0.25) is 0 Å². The Bertz CT molecular complexity index is 610. The second-order valence-corrected chi connectivity index (χ2v) is 5.72. The molecule has 0 aliphatic rings. The van der Waals surface area contributed by atoms with Crippen LogP contribution < -0.4 is 0 Å². The van der Waals surface area contributed by atoms with Crippen molar-refractivity contribution in [1.29, 1.82) is 0 Å². The van der Waals surface area contributed by atoms with Gasteiger partial charge in [-0.1, -0.05) is 0 Å². The van der Waals surface area contributed by atoms with Gasteiger partial charge in [-0.2, -0.15) is 11.3 Å². The molecule has 0 spiro atoms. The molecule has 0 aliphatic heterocycles. The van der Waals surface area contributed by atoms with Crippen LogP contribution in [0.3, 0.4) is 0 Å². The summed E-state index contributed by atoms with van der Waals surface area (Å²) < 4.78 is 33.0. The number of methoxy groups -OCH3 is 1. The van der Waals surface area contributed by atoms with Crippen molar-refractivity contribution < 1.29 is 18.3 Å². The maximum atomic E-state index is 14.2. The van der Waals surface area contributed by atoms with Crippen LogP contribution in [0.25, 0.3) is 11.1 Å². The van der Waals surface area contributed by atoms with Crippen LogP contribution in [0.2, 0.25) is 0 Å². The van der Waals surface area contributed by atoms with E-state index in [1.54, 1.807) is 30.7 Å². The van der Waals surface area contributed by atoms with Gasteiger partial charge in [-0.25, -0.2) is 8.78 Å². The quantitative estimate of drug-likeness (QED) is 0.796. The fourth-order valence-electron chi connectivity index (χ4n) is 1.99. The van der Waals surface area contributed by atoms with Gasteiger partial charge in [-0.05, 0) is 53.9 Å². The summed E-state index contributed by atoms with van der Waals surface area (Å²) in [5.41, 5.74) is -0.440. The van der Waals surface area contributed by atoms with E-state index < -0.39 is 23.0 Å². The van der Waals surface area contributed by atoms with Gasteiger partial charge in [0.15, 0.2) is 0 Å². The molecule has 2 aromatic rings. The first-order valence-corrected chi connectivity index (χ1v) is 6.92. The zero-order chi connectivity index (χ0) is 14.9. The first-order chi connectivity index (χ1) is 9.37. The second kappa shape index (κ2) is 5.32. The highest BCUT2D eigenvalue weighted by atomic mass is 32.1. The van der Waals surface area contributed by atoms with E-state index in [2.05, 4.69) is 4.74 Å². The molecule has 2 nitrogen and oxygen atoms in total. The molecule has 5 heteroatoms. The Hall–Kier alpha value is -1.75. The van der Waals surface area contributed by atoms with Crippen LogP contribution in [0.15, 0.2) is 29.0 Å². The molecule has 1 aromatic carbocycles. The lowest BCUT2D eigenvalue weighted by atomic mass is 9.83. The third-order valence-corrected chi connectivity index (χ3v) is 3.95. The Kier molecular flexibility index (Phi) is 3.90. The molecule has 0 N–H and O–H groups in total. The highest BCUT2D eigenvalue weighted by molar-refractivity contribution is 7.08. The van der Waals surface area contributed by atoms with Gasteiger partial charge in [0.25, 0.3) is 0 Å². The summed E-state index contributed by atoms with van der Waals surface area (Å²) in [5.74, 6) is -1.91. The van der Waals surface area contributed by atoms with E-state index in [0.29, 0.717) is 5.56 Å². The van der Waals surface area contributed by atoms with Gasteiger partial charge in [0.1, 0.15) is 11.6 Å². The molecule has 0 fully saturated rings. The number of halogens is 2. The minimum absolute atomic E-state index is 0.0735. The molecule has 0 bridgehead atoms. The van der Waals surface area contributed by atoms with Crippen molar-refractivity contribution in [3.05, 3.63) is 46.2 Å². The molecule has 2 rings (SSSR count). The van der Waals surface area contributed by atoms with E-state index in [1.165, 1.54) is 30.6 Å². The zero-order valence-corrected chi connectivity index (χ0v) is 12.2. The summed E-state index contributed by atoms with van der Waals surface area (Å²) in [6.45, 7) is 3.13. The van der Waals surface area contributed by atoms with E-state index in [4.69, 9.17) is 0 Å². The molecule has 1 heterocycles. The van der Waals surface area contributed by atoms with Crippen LogP contribution in [-0.2, 0) is 14.9 Å². The monoisotopic (exact) mass is 296 g/mol. The Morgan fingerprint density at radius 2 is 1.85 bits per heavy atom. The normalized spacial score (nSPS) is 11.4. The molecule has 0 aliphatic carbocycles. The summed E-state index contributed by atoms with van der Waals surface area (Å²) in [6.07, 6.45) is 0. The predicted molar refractivity (Wildman–Crippen MR) is 74.7 cm³/mol. The maximum Gasteiger partial charge on any atom is 0.315 e. The molecule has 1 aromatic heterocycles. The third-order valence-electron chi connectivity index (χ3n) is 3.27. The van der Waals surface area contributed by atoms with E-state index in [9.17, 15) is 13.6 Å². The number of hydrogen-bond donors (Lipinski definition) is 0. The zero-order valence-electron chi connectivity index (χ0n) is 11.4. The fourth-order valence-corrected chi connectivity index (χ4v) is 2.64. The lowest BCUT2D eigenvalue weighted by molar-refractivity contribution is -0.146. The molecular formula is C15H14F2O2S. The van der Waals surface area contributed by atoms with Crippen LogP contribution in [0.4, 0.5) is 8.78 Å². The molecule has 106 valence electrons. The van der Waals surface area contributed by atoms with Gasteiger partial charge in [0.05, 0.1) is 18.1 Å². The first-order valence-electron chi connectivity index (χ1n) is 5.98. The Labute approximate surface area is 120 Å². The van der Waals surface area contributed by atoms with Gasteiger partial charge in [-0.15, -0.1) is 0 Å². The van der Waals surface area contributed by atoms with Crippen LogP contribution in [-0.4, -0.2) is 13.1 Å². The van der Waals surface area contributed by atoms with Crippen molar-refractivity contribution in [2.24, 2.45) is 0 Å². The summed E-state index contributed by atoms with van der Waals surface area (Å²) in [7, 11) is 1.25. The van der Waals surface area contributed by atoms with Gasteiger partial charge in [0, 0.05) is 0 Å². The van der Waals surface area contributed by atoms with Crippen LogP contribution >= 0.6 is 11.3 Å². The number of carbonyl (C=O) groups excluding carboxylic acids is 1. The number of carbonyl (C=O) groups is 1. The third kappa shape index (κ3) is 2.45. The van der Waals surface area contributed by atoms with E-state index >= 15 is 0 Å². The fraction of sp³-hybridized carbons (Fsp3) is 0.267. The number of benzene rings is 1. The SMILES string of the molecule is COC(=O)C(C)(C)c1cc(F)c(-c2ccsc2)c(F)c1. The molecule has 0 saturated heterocycles. The summed E-state index contributed by atoms with van der Waals surface area (Å²) in [4.78, 5) is 11.7. The van der Waals surface area contributed by atoms with Crippen molar-refractivity contribution in [1.82, 2.24) is 0 Å². The van der Waals surface area contributed by atoms with Crippen LogP contribution in [0.5, 0.6) is 0 Å². The Morgan fingerprint density at radius 1 is 1.25 bits per heavy atom. The summed E-state index contributed by atoms with van der Waals surface area (Å²) in [5, 5.41) is 3.42. The van der Waals surface area contributed by atoms with Crippen molar-refractivity contribution in [3.8, 4) is 11.1 Å². The Balaban J connectivity index is 2.54. The molecule has 0 atom stereocenters. The molecular weight excluding hydrogens is 282 g/mol. The number of esters is 1. The lowest BCUT2D eigenvalue weighted by Gasteiger charge is -2.22.